The Labute approximate surface area is 186 Å². The highest BCUT2D eigenvalue weighted by atomic mass is 16.3. The van der Waals surface area contributed by atoms with E-state index in [-0.39, 0.29) is 23.8 Å². The summed E-state index contributed by atoms with van der Waals surface area (Å²) in [6.45, 7) is 6.49. The van der Waals surface area contributed by atoms with E-state index in [0.717, 1.165) is 54.9 Å². The minimum absolute atomic E-state index is 0.0856. The molecule has 0 aromatic carbocycles. The second-order valence-electron chi connectivity index (χ2n) is 9.36. The number of piperidine rings is 1. The average molecular weight is 431 g/mol. The van der Waals surface area contributed by atoms with Crippen LogP contribution in [0.25, 0.3) is 0 Å². The Morgan fingerprint density at radius 2 is 1.81 bits per heavy atom. The second kappa shape index (κ2) is 10.6. The molecule has 31 heavy (non-hydrogen) atoms. The number of allylic oxidation sites excluding steroid dienone is 2. The quantitative estimate of drug-likeness (QED) is 0.652. The Morgan fingerprint density at radius 3 is 2.45 bits per heavy atom. The van der Waals surface area contributed by atoms with Gasteiger partial charge in [-0.2, -0.15) is 20.5 Å². The van der Waals surface area contributed by atoms with Crippen molar-refractivity contribution in [2.75, 3.05) is 40.8 Å². The molecule has 3 aliphatic rings. The zero-order chi connectivity index (χ0) is 22.5. The van der Waals surface area contributed by atoms with Crippen LogP contribution < -0.4 is 0 Å². The van der Waals surface area contributed by atoms with Gasteiger partial charge in [0.05, 0.1) is 35.5 Å². The molecule has 1 aliphatic heterocycles. The van der Waals surface area contributed by atoms with E-state index in [1.54, 1.807) is 7.05 Å². The number of hydrogen-bond donors (Lipinski definition) is 1. The van der Waals surface area contributed by atoms with Gasteiger partial charge in [-0.15, -0.1) is 0 Å². The van der Waals surface area contributed by atoms with E-state index in [1.165, 1.54) is 6.42 Å². The minimum Gasteiger partial charge on any atom is -0.391 e. The van der Waals surface area contributed by atoms with Crippen molar-refractivity contribution in [1.29, 1.82) is 0 Å². The summed E-state index contributed by atoms with van der Waals surface area (Å²) in [4.78, 5) is 17.8. The van der Waals surface area contributed by atoms with Crippen LogP contribution in [0, 0.1) is 5.92 Å². The fourth-order valence-corrected chi connectivity index (χ4v) is 5.00. The molecular weight excluding hydrogens is 392 g/mol. The van der Waals surface area contributed by atoms with E-state index in [2.05, 4.69) is 30.3 Å². The van der Waals surface area contributed by atoms with Gasteiger partial charge in [-0.05, 0) is 72.0 Å². The lowest BCUT2D eigenvalue weighted by Gasteiger charge is -2.37. The third-order valence-corrected chi connectivity index (χ3v) is 6.71. The zero-order valence-electron chi connectivity index (χ0n) is 19.7. The Hall–Kier alpha value is -1.93. The van der Waals surface area contributed by atoms with Crippen molar-refractivity contribution < 1.29 is 9.90 Å². The maximum absolute atomic E-state index is 13.5. The van der Waals surface area contributed by atoms with Crippen molar-refractivity contribution in [3.05, 3.63) is 22.5 Å². The number of ketones is 1. The van der Waals surface area contributed by atoms with Crippen LogP contribution in [0.1, 0.15) is 52.4 Å². The van der Waals surface area contributed by atoms with Crippen molar-refractivity contribution in [2.24, 2.45) is 26.4 Å². The lowest BCUT2D eigenvalue weighted by molar-refractivity contribution is -0.120. The molecule has 8 heteroatoms. The highest BCUT2D eigenvalue weighted by molar-refractivity contribution is 6.01. The first-order chi connectivity index (χ1) is 14.8. The molecule has 0 radical (unpaired) electrons. The minimum atomic E-state index is -0.512. The maximum Gasteiger partial charge on any atom is 0.187 e. The van der Waals surface area contributed by atoms with Gasteiger partial charge in [0.25, 0.3) is 0 Å². The van der Waals surface area contributed by atoms with Gasteiger partial charge in [-0.25, -0.2) is 0 Å². The van der Waals surface area contributed by atoms with Gasteiger partial charge in [-0.1, -0.05) is 0 Å². The Kier molecular flexibility index (Phi) is 8.11. The number of aliphatic hydroxyl groups is 1. The standard InChI is InChI=1S/C23H38N6O2/c1-15-18(14-28(4)5)23(31)22(29-11-7-6-8-12-29)16(2)21(15)27-26-19-13-17(25-24-3)9-10-20(19)30/h17-20,30H,6-14H2,1-5H3. The van der Waals surface area contributed by atoms with Gasteiger partial charge in [0, 0.05) is 32.3 Å². The third kappa shape index (κ3) is 5.47. The second-order valence-corrected chi connectivity index (χ2v) is 9.36. The van der Waals surface area contributed by atoms with Gasteiger partial charge in [0.15, 0.2) is 5.78 Å². The van der Waals surface area contributed by atoms with E-state index in [4.69, 9.17) is 0 Å². The number of nitrogens with zero attached hydrogens (tertiary/aromatic N) is 6. The lowest BCUT2D eigenvalue weighted by Crippen LogP contribution is -2.41. The summed E-state index contributed by atoms with van der Waals surface area (Å²) in [6, 6.07) is -0.205. The molecule has 1 heterocycles. The SMILES string of the molecule is CN=NC1CCC(O)C(N=NC2=C(C)C(CN(C)C)C(=O)C(N3CCCCC3)=C2C)C1. The largest absolute Gasteiger partial charge is 0.391 e. The van der Waals surface area contributed by atoms with Crippen molar-refractivity contribution in [2.45, 2.75) is 70.6 Å². The van der Waals surface area contributed by atoms with Crippen LogP contribution in [0.2, 0.25) is 0 Å². The highest BCUT2D eigenvalue weighted by Crippen LogP contribution is 2.36. The first-order valence-electron chi connectivity index (χ1n) is 11.6. The predicted molar refractivity (Wildman–Crippen MR) is 121 cm³/mol. The molecule has 1 saturated heterocycles. The van der Waals surface area contributed by atoms with E-state index in [0.29, 0.717) is 19.4 Å². The normalized spacial score (nSPS) is 31.1. The number of rotatable bonds is 6. The molecule has 0 amide bonds. The van der Waals surface area contributed by atoms with Crippen LogP contribution in [-0.4, -0.2) is 79.7 Å². The summed E-state index contributed by atoms with van der Waals surface area (Å²) >= 11 is 0. The molecule has 2 aliphatic carbocycles. The van der Waals surface area contributed by atoms with Crippen LogP contribution in [0.5, 0.6) is 0 Å². The van der Waals surface area contributed by atoms with Crippen LogP contribution in [-0.2, 0) is 4.79 Å². The number of carbonyl (C=O) groups is 1. The molecule has 0 spiro atoms. The van der Waals surface area contributed by atoms with Crippen molar-refractivity contribution >= 4 is 5.78 Å². The zero-order valence-corrected chi connectivity index (χ0v) is 19.7. The molecule has 4 atom stereocenters. The molecular formula is C23H38N6O2. The number of carbonyl (C=O) groups excluding carboxylic acids is 1. The summed E-state index contributed by atoms with van der Waals surface area (Å²) in [5, 5.41) is 27.9. The van der Waals surface area contributed by atoms with E-state index < -0.39 is 6.10 Å². The molecule has 3 rings (SSSR count). The number of hydrogen-bond acceptors (Lipinski definition) is 8. The predicted octanol–water partition coefficient (Wildman–Crippen LogP) is 3.60. The fraction of sp³-hybridized carbons (Fsp3) is 0.783. The van der Waals surface area contributed by atoms with E-state index >= 15 is 0 Å². The molecule has 1 saturated carbocycles. The third-order valence-electron chi connectivity index (χ3n) is 6.71. The maximum atomic E-state index is 13.5. The number of likely N-dealkylation sites (tertiary alicyclic amines) is 1. The molecule has 0 aromatic heterocycles. The monoisotopic (exact) mass is 430 g/mol. The number of aliphatic hydroxyl groups excluding tert-OH is 1. The molecule has 172 valence electrons. The van der Waals surface area contributed by atoms with Crippen molar-refractivity contribution in [3.8, 4) is 0 Å². The van der Waals surface area contributed by atoms with Gasteiger partial charge in [0.1, 0.15) is 0 Å². The van der Waals surface area contributed by atoms with Gasteiger partial charge in [-0.3, -0.25) is 4.79 Å². The number of azo groups is 2. The highest BCUT2D eigenvalue weighted by Gasteiger charge is 2.36. The average Bonchev–Trinajstić information content (AvgIpc) is 2.74. The summed E-state index contributed by atoms with van der Waals surface area (Å²) in [5.74, 6) is -0.0202. The Balaban J connectivity index is 1.93. The Bertz CT molecular complexity index is 779. The van der Waals surface area contributed by atoms with Crippen LogP contribution in [0.3, 0.4) is 0 Å². The first kappa shape index (κ1) is 23.7. The molecule has 0 aromatic rings. The molecule has 0 bridgehead atoms. The van der Waals surface area contributed by atoms with Crippen LogP contribution in [0.15, 0.2) is 43.0 Å². The molecule has 4 unspecified atom stereocenters. The van der Waals surface area contributed by atoms with Gasteiger partial charge in [0.2, 0.25) is 0 Å². The van der Waals surface area contributed by atoms with Gasteiger partial charge < -0.3 is 14.9 Å². The smallest absolute Gasteiger partial charge is 0.187 e. The summed E-state index contributed by atoms with van der Waals surface area (Å²) in [6.07, 6.45) is 5.06. The summed E-state index contributed by atoms with van der Waals surface area (Å²) < 4.78 is 0. The fourth-order valence-electron chi connectivity index (χ4n) is 5.00. The molecule has 1 N–H and O–H groups in total. The molecule has 8 nitrogen and oxygen atoms in total. The van der Waals surface area contributed by atoms with Gasteiger partial charge >= 0.3 is 0 Å². The first-order valence-corrected chi connectivity index (χ1v) is 11.6. The summed E-state index contributed by atoms with van der Waals surface area (Å²) in [5.41, 5.74) is 3.50. The van der Waals surface area contributed by atoms with E-state index in [9.17, 15) is 9.90 Å². The van der Waals surface area contributed by atoms with Crippen molar-refractivity contribution in [3.63, 3.8) is 0 Å². The van der Waals surface area contributed by atoms with Crippen LogP contribution in [0.4, 0.5) is 0 Å². The Morgan fingerprint density at radius 1 is 1.10 bits per heavy atom. The van der Waals surface area contributed by atoms with Crippen LogP contribution >= 0.6 is 0 Å². The summed E-state index contributed by atoms with van der Waals surface area (Å²) in [7, 11) is 5.67. The lowest BCUT2D eigenvalue weighted by atomic mass is 9.83. The molecule has 2 fully saturated rings. The number of Topliss-reactive ketones (excluding diaryl/α,β-unsaturated/α-hetero) is 1. The van der Waals surface area contributed by atoms with E-state index in [1.807, 2.05) is 27.9 Å². The topological polar surface area (TPSA) is 93.2 Å². The van der Waals surface area contributed by atoms with Crippen molar-refractivity contribution in [1.82, 2.24) is 9.80 Å².